The monoisotopic (exact) mass is 225 g/mol. The van der Waals surface area contributed by atoms with Crippen LogP contribution in [-0.4, -0.2) is 54.1 Å². The zero-order valence-corrected chi connectivity index (χ0v) is 8.26. The van der Waals surface area contributed by atoms with Crippen LogP contribution in [0.4, 0.5) is 13.2 Å². The Morgan fingerprint density at radius 2 is 1.87 bits per heavy atom. The molecule has 2 fully saturated rings. The molecule has 2 aliphatic rings. The van der Waals surface area contributed by atoms with Crippen LogP contribution in [0.5, 0.6) is 0 Å². The molecule has 0 amide bonds. The number of epoxide rings is 1. The van der Waals surface area contributed by atoms with Gasteiger partial charge in [-0.2, -0.15) is 13.2 Å². The average molecular weight is 225 g/mol. The number of ether oxygens (including phenoxy) is 1. The molecule has 2 heterocycles. The van der Waals surface area contributed by atoms with E-state index in [1.165, 1.54) is 0 Å². The second kappa shape index (κ2) is 3.61. The molecule has 2 aliphatic heterocycles. The number of hydrogen-bond acceptors (Lipinski definition) is 3. The van der Waals surface area contributed by atoms with Gasteiger partial charge in [-0.25, -0.2) is 0 Å². The molecule has 0 spiro atoms. The lowest BCUT2D eigenvalue weighted by Crippen LogP contribution is -2.53. The summed E-state index contributed by atoms with van der Waals surface area (Å²) < 4.78 is 42.3. The molecule has 6 heteroatoms. The van der Waals surface area contributed by atoms with Crippen molar-refractivity contribution in [3.05, 3.63) is 0 Å². The van der Waals surface area contributed by atoms with E-state index in [4.69, 9.17) is 4.74 Å². The molecule has 0 aliphatic carbocycles. The lowest BCUT2D eigenvalue weighted by atomic mass is 9.91. The van der Waals surface area contributed by atoms with Gasteiger partial charge in [-0.3, -0.25) is 0 Å². The van der Waals surface area contributed by atoms with Crippen LogP contribution in [0.25, 0.3) is 0 Å². The van der Waals surface area contributed by atoms with Crippen LogP contribution in [0.15, 0.2) is 0 Å². The maximum Gasteiger partial charge on any atom is 0.417 e. The Morgan fingerprint density at radius 1 is 1.33 bits per heavy atom. The van der Waals surface area contributed by atoms with Crippen LogP contribution in [-0.2, 0) is 4.74 Å². The van der Waals surface area contributed by atoms with E-state index in [2.05, 4.69) is 0 Å². The molecule has 0 bridgehead atoms. The van der Waals surface area contributed by atoms with Gasteiger partial charge in [0.25, 0.3) is 0 Å². The Hall–Kier alpha value is -0.330. The molecule has 15 heavy (non-hydrogen) atoms. The molecule has 0 unspecified atom stereocenters. The van der Waals surface area contributed by atoms with Gasteiger partial charge in [0.1, 0.15) is 0 Å². The molecule has 88 valence electrons. The van der Waals surface area contributed by atoms with Crippen molar-refractivity contribution in [1.82, 2.24) is 4.90 Å². The van der Waals surface area contributed by atoms with E-state index in [0.717, 1.165) is 0 Å². The Morgan fingerprint density at radius 3 is 2.27 bits per heavy atom. The van der Waals surface area contributed by atoms with Crippen molar-refractivity contribution < 1.29 is 23.0 Å². The Balaban J connectivity index is 1.84. The minimum atomic E-state index is -4.50. The Labute approximate surface area is 85.8 Å². The maximum atomic E-state index is 12.4. The van der Waals surface area contributed by atoms with E-state index in [1.807, 2.05) is 4.90 Å². The number of rotatable bonds is 2. The van der Waals surface area contributed by atoms with Crippen LogP contribution >= 0.6 is 0 Å². The quantitative estimate of drug-likeness (QED) is 0.705. The standard InChI is InChI=1S/C9H14F3NO2/c10-9(11,12)8(14)1-3-13(4-2-8)5-7-6-15-7/h7,14H,1-6H2/t7-/m1/s1. The largest absolute Gasteiger partial charge is 0.417 e. The first-order chi connectivity index (χ1) is 6.91. The van der Waals surface area contributed by atoms with Crippen LogP contribution in [0.3, 0.4) is 0 Å². The highest BCUT2D eigenvalue weighted by Gasteiger charge is 2.54. The van der Waals surface area contributed by atoms with Gasteiger partial charge in [0.2, 0.25) is 0 Å². The number of hydrogen-bond donors (Lipinski definition) is 1. The highest BCUT2D eigenvalue weighted by Crippen LogP contribution is 2.38. The minimum absolute atomic E-state index is 0.196. The highest BCUT2D eigenvalue weighted by atomic mass is 19.4. The predicted molar refractivity (Wildman–Crippen MR) is 46.4 cm³/mol. The molecule has 1 atom stereocenters. The van der Waals surface area contributed by atoms with E-state index in [0.29, 0.717) is 13.2 Å². The summed E-state index contributed by atoms with van der Waals surface area (Å²) in [6.07, 6.45) is -4.77. The molecule has 0 aromatic rings. The van der Waals surface area contributed by atoms with Gasteiger partial charge in [-0.05, 0) is 12.8 Å². The first kappa shape index (κ1) is 11.2. The fourth-order valence-electron chi connectivity index (χ4n) is 1.85. The average Bonchev–Trinajstić information content (AvgIpc) is 2.91. The molecular formula is C9H14F3NO2. The zero-order chi connectivity index (χ0) is 11.1. The van der Waals surface area contributed by atoms with E-state index in [-0.39, 0.29) is 32.0 Å². The van der Waals surface area contributed by atoms with Gasteiger partial charge in [0, 0.05) is 19.6 Å². The first-order valence-corrected chi connectivity index (χ1v) is 5.04. The summed E-state index contributed by atoms with van der Waals surface area (Å²) in [6.45, 7) is 1.97. The number of likely N-dealkylation sites (tertiary alicyclic amines) is 1. The third kappa shape index (κ3) is 2.43. The third-order valence-corrected chi connectivity index (χ3v) is 3.08. The van der Waals surface area contributed by atoms with E-state index >= 15 is 0 Å². The highest BCUT2D eigenvalue weighted by molar-refractivity contribution is 4.92. The number of aliphatic hydroxyl groups is 1. The molecule has 0 saturated carbocycles. The topological polar surface area (TPSA) is 36.0 Å². The zero-order valence-electron chi connectivity index (χ0n) is 8.26. The normalized spacial score (nSPS) is 31.6. The van der Waals surface area contributed by atoms with Crippen molar-refractivity contribution in [1.29, 1.82) is 0 Å². The van der Waals surface area contributed by atoms with Crippen molar-refractivity contribution in [2.24, 2.45) is 0 Å². The van der Waals surface area contributed by atoms with Gasteiger partial charge in [0.05, 0.1) is 12.7 Å². The summed E-state index contributed by atoms with van der Waals surface area (Å²) in [5.41, 5.74) is -2.48. The third-order valence-electron chi connectivity index (χ3n) is 3.08. The number of halogens is 3. The summed E-state index contributed by atoms with van der Waals surface area (Å²) in [4.78, 5) is 1.91. The summed E-state index contributed by atoms with van der Waals surface area (Å²) in [5.74, 6) is 0. The Bertz CT molecular complexity index is 232. The van der Waals surface area contributed by atoms with Gasteiger partial charge < -0.3 is 14.7 Å². The van der Waals surface area contributed by atoms with E-state index in [9.17, 15) is 18.3 Å². The van der Waals surface area contributed by atoms with Crippen LogP contribution in [0.1, 0.15) is 12.8 Å². The predicted octanol–water partition coefficient (Wildman–Crippen LogP) is 0.774. The summed E-state index contributed by atoms with van der Waals surface area (Å²) in [7, 11) is 0. The van der Waals surface area contributed by atoms with Crippen LogP contribution < -0.4 is 0 Å². The maximum absolute atomic E-state index is 12.4. The van der Waals surface area contributed by atoms with Gasteiger partial charge >= 0.3 is 6.18 Å². The van der Waals surface area contributed by atoms with Crippen LogP contribution in [0, 0.1) is 0 Å². The molecule has 0 aromatic carbocycles. The number of nitrogens with zero attached hydrogens (tertiary/aromatic N) is 1. The van der Waals surface area contributed by atoms with Crippen molar-refractivity contribution in [3.8, 4) is 0 Å². The summed E-state index contributed by atoms with van der Waals surface area (Å²) in [5, 5.41) is 9.39. The smallest absolute Gasteiger partial charge is 0.380 e. The fraction of sp³-hybridized carbons (Fsp3) is 1.00. The van der Waals surface area contributed by atoms with Crippen molar-refractivity contribution in [3.63, 3.8) is 0 Å². The van der Waals surface area contributed by atoms with Gasteiger partial charge in [0.15, 0.2) is 5.60 Å². The number of alkyl halides is 3. The number of piperidine rings is 1. The molecular weight excluding hydrogens is 211 g/mol. The summed E-state index contributed by atoms with van der Waals surface area (Å²) >= 11 is 0. The molecule has 0 radical (unpaired) electrons. The van der Waals surface area contributed by atoms with Crippen LogP contribution in [0.2, 0.25) is 0 Å². The second-order valence-corrected chi connectivity index (χ2v) is 4.29. The molecule has 3 nitrogen and oxygen atoms in total. The molecule has 2 saturated heterocycles. The summed E-state index contributed by atoms with van der Waals surface area (Å²) in [6, 6.07) is 0. The van der Waals surface area contributed by atoms with Crippen molar-refractivity contribution in [2.45, 2.75) is 30.7 Å². The SMILES string of the molecule is OC1(C(F)(F)F)CCN(C[C@@H]2CO2)CC1. The lowest BCUT2D eigenvalue weighted by Gasteiger charge is -2.38. The minimum Gasteiger partial charge on any atom is -0.380 e. The first-order valence-electron chi connectivity index (χ1n) is 5.04. The second-order valence-electron chi connectivity index (χ2n) is 4.29. The molecule has 1 N–H and O–H groups in total. The van der Waals surface area contributed by atoms with Gasteiger partial charge in [-0.1, -0.05) is 0 Å². The van der Waals surface area contributed by atoms with Crippen molar-refractivity contribution >= 4 is 0 Å². The Kier molecular flexibility index (Phi) is 2.68. The van der Waals surface area contributed by atoms with E-state index in [1.54, 1.807) is 0 Å². The molecule has 0 aromatic heterocycles. The fourth-order valence-corrected chi connectivity index (χ4v) is 1.85. The molecule has 2 rings (SSSR count). The lowest BCUT2D eigenvalue weighted by molar-refractivity contribution is -0.272. The van der Waals surface area contributed by atoms with Gasteiger partial charge in [-0.15, -0.1) is 0 Å². The van der Waals surface area contributed by atoms with Crippen molar-refractivity contribution in [2.75, 3.05) is 26.2 Å². The van der Waals surface area contributed by atoms with E-state index < -0.39 is 11.8 Å².